The van der Waals surface area contributed by atoms with Crippen LogP contribution in [-0.4, -0.2) is 22.4 Å². The smallest absolute Gasteiger partial charge is 0.0991 e. The fourth-order valence-corrected chi connectivity index (χ4v) is 2.91. The standard InChI is InChI=1S/C18H22N4/c1-18(2,3)17-10-16-14(8-9-20-17)12-22(21-16)15-6-4-13(11-19)5-7-15/h4-7,12,17,20H,8-10H2,1-3H3. The number of nitrogens with one attached hydrogen (secondary N) is 1. The fourth-order valence-electron chi connectivity index (χ4n) is 2.91. The van der Waals surface area contributed by atoms with E-state index in [1.807, 2.05) is 28.9 Å². The van der Waals surface area contributed by atoms with Gasteiger partial charge in [-0.05, 0) is 48.2 Å². The third-order valence-electron chi connectivity index (χ3n) is 4.37. The molecule has 0 bridgehead atoms. The third kappa shape index (κ3) is 2.90. The van der Waals surface area contributed by atoms with E-state index in [1.54, 1.807) is 0 Å². The van der Waals surface area contributed by atoms with Crippen molar-refractivity contribution in [3.63, 3.8) is 0 Å². The molecule has 2 aromatic rings. The molecule has 0 spiro atoms. The Hall–Kier alpha value is -2.12. The first kappa shape index (κ1) is 14.8. The number of hydrogen-bond acceptors (Lipinski definition) is 3. The van der Waals surface area contributed by atoms with Crippen LogP contribution < -0.4 is 5.32 Å². The van der Waals surface area contributed by atoms with E-state index in [2.05, 4.69) is 38.4 Å². The Bertz CT molecular complexity index is 698. The highest BCUT2D eigenvalue weighted by Gasteiger charge is 2.28. The molecule has 4 nitrogen and oxygen atoms in total. The summed E-state index contributed by atoms with van der Waals surface area (Å²) < 4.78 is 1.94. The molecule has 3 rings (SSSR count). The van der Waals surface area contributed by atoms with E-state index in [9.17, 15) is 0 Å². The molecule has 22 heavy (non-hydrogen) atoms. The quantitative estimate of drug-likeness (QED) is 0.880. The predicted octanol–water partition coefficient (Wildman–Crippen LogP) is 2.85. The Morgan fingerprint density at radius 3 is 2.64 bits per heavy atom. The minimum absolute atomic E-state index is 0.222. The molecule has 0 amide bonds. The highest BCUT2D eigenvalue weighted by atomic mass is 15.3. The first-order valence-corrected chi connectivity index (χ1v) is 7.79. The van der Waals surface area contributed by atoms with Crippen LogP contribution >= 0.6 is 0 Å². The van der Waals surface area contributed by atoms with Gasteiger partial charge in [-0.25, -0.2) is 4.68 Å². The Morgan fingerprint density at radius 2 is 2.00 bits per heavy atom. The van der Waals surface area contributed by atoms with Crippen molar-refractivity contribution in [3.8, 4) is 11.8 Å². The zero-order valence-corrected chi connectivity index (χ0v) is 13.4. The summed E-state index contributed by atoms with van der Waals surface area (Å²) in [5.41, 5.74) is 4.42. The van der Waals surface area contributed by atoms with Crippen LogP contribution in [-0.2, 0) is 12.8 Å². The second-order valence-corrected chi connectivity index (χ2v) is 7.03. The predicted molar refractivity (Wildman–Crippen MR) is 86.9 cm³/mol. The van der Waals surface area contributed by atoms with Gasteiger partial charge in [-0.15, -0.1) is 0 Å². The molecule has 114 valence electrons. The van der Waals surface area contributed by atoms with Crippen LogP contribution in [0.25, 0.3) is 5.69 Å². The zero-order chi connectivity index (χ0) is 15.7. The molecule has 1 unspecified atom stereocenters. The van der Waals surface area contributed by atoms with Gasteiger partial charge < -0.3 is 5.32 Å². The number of rotatable bonds is 1. The monoisotopic (exact) mass is 294 g/mol. The van der Waals surface area contributed by atoms with E-state index >= 15 is 0 Å². The summed E-state index contributed by atoms with van der Waals surface area (Å²) in [6.45, 7) is 7.81. The highest BCUT2D eigenvalue weighted by Crippen LogP contribution is 2.26. The lowest BCUT2D eigenvalue weighted by Gasteiger charge is -2.30. The maximum Gasteiger partial charge on any atom is 0.0991 e. The van der Waals surface area contributed by atoms with E-state index < -0.39 is 0 Å². The molecule has 1 aromatic carbocycles. The van der Waals surface area contributed by atoms with Crippen LogP contribution in [0.3, 0.4) is 0 Å². The molecular formula is C18H22N4. The lowest BCUT2D eigenvalue weighted by Crippen LogP contribution is -2.41. The maximum absolute atomic E-state index is 8.89. The summed E-state index contributed by atoms with van der Waals surface area (Å²) in [6, 6.07) is 10.2. The van der Waals surface area contributed by atoms with Crippen molar-refractivity contribution in [2.45, 2.75) is 39.7 Å². The number of hydrogen-bond donors (Lipinski definition) is 1. The molecule has 0 radical (unpaired) electrons. The molecule has 1 N–H and O–H groups in total. The molecule has 0 fully saturated rings. The summed E-state index contributed by atoms with van der Waals surface area (Å²) >= 11 is 0. The average Bonchev–Trinajstić information content (AvgIpc) is 2.78. The van der Waals surface area contributed by atoms with Crippen LogP contribution in [0.5, 0.6) is 0 Å². The number of nitriles is 1. The van der Waals surface area contributed by atoms with Gasteiger partial charge in [0.25, 0.3) is 0 Å². The van der Waals surface area contributed by atoms with Gasteiger partial charge in [-0.3, -0.25) is 0 Å². The van der Waals surface area contributed by atoms with Gasteiger partial charge in [0.1, 0.15) is 0 Å². The van der Waals surface area contributed by atoms with Crippen LogP contribution in [0.2, 0.25) is 0 Å². The Morgan fingerprint density at radius 1 is 1.27 bits per heavy atom. The molecule has 1 aromatic heterocycles. The molecule has 4 heteroatoms. The molecule has 0 aliphatic carbocycles. The van der Waals surface area contributed by atoms with Crippen molar-refractivity contribution < 1.29 is 0 Å². The summed E-state index contributed by atoms with van der Waals surface area (Å²) in [5, 5.41) is 17.3. The molecule has 0 saturated heterocycles. The summed E-state index contributed by atoms with van der Waals surface area (Å²) in [7, 11) is 0. The average molecular weight is 294 g/mol. The van der Waals surface area contributed by atoms with Gasteiger partial charge in [0.2, 0.25) is 0 Å². The van der Waals surface area contributed by atoms with E-state index in [0.717, 1.165) is 25.1 Å². The molecule has 0 saturated carbocycles. The van der Waals surface area contributed by atoms with Crippen LogP contribution in [0, 0.1) is 16.7 Å². The van der Waals surface area contributed by atoms with Crippen molar-refractivity contribution in [2.75, 3.05) is 6.54 Å². The van der Waals surface area contributed by atoms with Crippen molar-refractivity contribution >= 4 is 0 Å². The lowest BCUT2D eigenvalue weighted by atomic mass is 9.84. The van der Waals surface area contributed by atoms with Crippen LogP contribution in [0.15, 0.2) is 30.5 Å². The Labute approximate surface area is 131 Å². The van der Waals surface area contributed by atoms with Crippen LogP contribution in [0.4, 0.5) is 0 Å². The molecule has 1 aliphatic heterocycles. The zero-order valence-electron chi connectivity index (χ0n) is 13.4. The topological polar surface area (TPSA) is 53.6 Å². The Kier molecular flexibility index (Phi) is 3.76. The van der Waals surface area contributed by atoms with Crippen molar-refractivity contribution in [2.24, 2.45) is 5.41 Å². The lowest BCUT2D eigenvalue weighted by molar-refractivity contribution is 0.270. The van der Waals surface area contributed by atoms with Gasteiger partial charge in [0, 0.05) is 18.7 Å². The van der Waals surface area contributed by atoms with Gasteiger partial charge in [0.05, 0.1) is 23.0 Å². The maximum atomic E-state index is 8.89. The summed E-state index contributed by atoms with van der Waals surface area (Å²) in [4.78, 5) is 0. The molecular weight excluding hydrogens is 272 g/mol. The van der Waals surface area contributed by atoms with Gasteiger partial charge in [0.15, 0.2) is 0 Å². The van der Waals surface area contributed by atoms with E-state index in [-0.39, 0.29) is 5.41 Å². The van der Waals surface area contributed by atoms with Crippen molar-refractivity contribution in [1.82, 2.24) is 15.1 Å². The van der Waals surface area contributed by atoms with Gasteiger partial charge in [-0.2, -0.15) is 10.4 Å². The van der Waals surface area contributed by atoms with E-state index in [0.29, 0.717) is 11.6 Å². The molecule has 1 atom stereocenters. The normalized spacial score (nSPS) is 18.4. The second-order valence-electron chi connectivity index (χ2n) is 7.03. The third-order valence-corrected chi connectivity index (χ3v) is 4.37. The van der Waals surface area contributed by atoms with Gasteiger partial charge >= 0.3 is 0 Å². The molecule has 2 heterocycles. The minimum atomic E-state index is 0.222. The Balaban J connectivity index is 1.90. The van der Waals surface area contributed by atoms with E-state index in [4.69, 9.17) is 10.4 Å². The summed E-state index contributed by atoms with van der Waals surface area (Å²) in [5.74, 6) is 0. The second kappa shape index (κ2) is 5.58. The van der Waals surface area contributed by atoms with Crippen LogP contribution in [0.1, 0.15) is 37.6 Å². The molecule has 1 aliphatic rings. The minimum Gasteiger partial charge on any atom is -0.313 e. The number of benzene rings is 1. The summed E-state index contributed by atoms with van der Waals surface area (Å²) in [6.07, 6.45) is 4.10. The first-order valence-electron chi connectivity index (χ1n) is 7.79. The number of fused-ring (bicyclic) bond motifs is 1. The SMILES string of the molecule is CC(C)(C)C1Cc2nn(-c3ccc(C#N)cc3)cc2CCN1. The van der Waals surface area contributed by atoms with Crippen molar-refractivity contribution in [3.05, 3.63) is 47.3 Å². The fraction of sp³-hybridized carbons (Fsp3) is 0.444. The van der Waals surface area contributed by atoms with E-state index in [1.165, 1.54) is 11.3 Å². The van der Waals surface area contributed by atoms with Crippen molar-refractivity contribution in [1.29, 1.82) is 5.26 Å². The largest absolute Gasteiger partial charge is 0.313 e. The van der Waals surface area contributed by atoms with Gasteiger partial charge in [-0.1, -0.05) is 20.8 Å². The number of aromatic nitrogens is 2. The first-order chi connectivity index (χ1) is 10.5. The number of nitrogens with zero attached hydrogens (tertiary/aromatic N) is 3. The highest BCUT2D eigenvalue weighted by molar-refractivity contribution is 5.40.